The van der Waals surface area contributed by atoms with E-state index in [0.29, 0.717) is 16.7 Å². The Morgan fingerprint density at radius 2 is 2.29 bits per heavy atom. The van der Waals surface area contributed by atoms with Gasteiger partial charge < -0.3 is 9.84 Å². The zero-order chi connectivity index (χ0) is 10.1. The maximum atomic E-state index is 13.7. The summed E-state index contributed by atoms with van der Waals surface area (Å²) in [4.78, 5) is 0. The molecule has 1 heterocycles. The average molecular weight is 212 g/mol. The lowest BCUT2D eigenvalue weighted by Gasteiger charge is -2.02. The first-order valence-electron chi connectivity index (χ1n) is 4.11. The molecule has 0 aliphatic rings. The minimum atomic E-state index is -0.386. The number of thiophene rings is 1. The van der Waals surface area contributed by atoms with Gasteiger partial charge in [0.1, 0.15) is 11.6 Å². The van der Waals surface area contributed by atoms with Crippen LogP contribution in [-0.4, -0.2) is 12.2 Å². The van der Waals surface area contributed by atoms with E-state index in [-0.39, 0.29) is 12.4 Å². The van der Waals surface area contributed by atoms with Gasteiger partial charge in [0.2, 0.25) is 0 Å². The van der Waals surface area contributed by atoms with Crippen LogP contribution in [0.25, 0.3) is 10.1 Å². The number of aliphatic hydroxyl groups is 1. The molecule has 4 heteroatoms. The fourth-order valence-corrected chi connectivity index (χ4v) is 2.28. The third-order valence-electron chi connectivity index (χ3n) is 2.11. The first-order valence-corrected chi connectivity index (χ1v) is 4.99. The standard InChI is InChI=1S/C10H9FO2S/c1-13-7-5-14-8-3-2-6(4-12)10(11)9(7)8/h2-3,5,12H,4H2,1H3. The van der Waals surface area contributed by atoms with Gasteiger partial charge in [-0.1, -0.05) is 6.07 Å². The summed E-state index contributed by atoms with van der Waals surface area (Å²) in [5.41, 5.74) is 0.300. The summed E-state index contributed by atoms with van der Waals surface area (Å²) in [5, 5.41) is 11.1. The Balaban J connectivity index is 2.77. The number of hydrogen-bond donors (Lipinski definition) is 1. The van der Waals surface area contributed by atoms with Gasteiger partial charge in [-0.2, -0.15) is 0 Å². The number of hydrogen-bond acceptors (Lipinski definition) is 3. The van der Waals surface area contributed by atoms with Crippen LogP contribution in [-0.2, 0) is 6.61 Å². The van der Waals surface area contributed by atoms with Crippen molar-refractivity contribution in [3.8, 4) is 5.75 Å². The van der Waals surface area contributed by atoms with Crippen molar-refractivity contribution in [2.75, 3.05) is 7.11 Å². The van der Waals surface area contributed by atoms with Gasteiger partial charge in [0, 0.05) is 15.6 Å². The van der Waals surface area contributed by atoms with Crippen LogP contribution in [0, 0.1) is 5.82 Å². The number of methoxy groups -OCH3 is 1. The molecule has 0 saturated heterocycles. The van der Waals surface area contributed by atoms with Crippen LogP contribution >= 0.6 is 11.3 Å². The molecule has 2 aromatic rings. The Morgan fingerprint density at radius 1 is 1.50 bits per heavy atom. The molecule has 0 bridgehead atoms. The molecule has 1 aromatic heterocycles. The third-order valence-corrected chi connectivity index (χ3v) is 3.04. The van der Waals surface area contributed by atoms with Crippen LogP contribution < -0.4 is 4.74 Å². The topological polar surface area (TPSA) is 29.5 Å². The summed E-state index contributed by atoms with van der Waals surface area (Å²) >= 11 is 1.43. The van der Waals surface area contributed by atoms with E-state index in [9.17, 15) is 4.39 Å². The average Bonchev–Trinajstić information content (AvgIpc) is 2.62. The largest absolute Gasteiger partial charge is 0.495 e. The predicted octanol–water partition coefficient (Wildman–Crippen LogP) is 2.54. The number of rotatable bonds is 2. The van der Waals surface area contributed by atoms with Crippen LogP contribution in [0.3, 0.4) is 0 Å². The van der Waals surface area contributed by atoms with Crippen LogP contribution in [0.2, 0.25) is 0 Å². The lowest BCUT2D eigenvalue weighted by atomic mass is 10.1. The minimum absolute atomic E-state index is 0.291. The van der Waals surface area contributed by atoms with Gasteiger partial charge in [-0.15, -0.1) is 11.3 Å². The zero-order valence-corrected chi connectivity index (χ0v) is 8.40. The highest BCUT2D eigenvalue weighted by molar-refractivity contribution is 7.17. The molecule has 2 nitrogen and oxygen atoms in total. The van der Waals surface area contributed by atoms with E-state index < -0.39 is 0 Å². The van der Waals surface area contributed by atoms with Crippen LogP contribution in [0.5, 0.6) is 5.75 Å². The highest BCUT2D eigenvalue weighted by Gasteiger charge is 2.12. The van der Waals surface area contributed by atoms with Gasteiger partial charge >= 0.3 is 0 Å². The monoisotopic (exact) mass is 212 g/mol. The predicted molar refractivity (Wildman–Crippen MR) is 54.3 cm³/mol. The number of ether oxygens (including phenoxy) is 1. The van der Waals surface area contributed by atoms with E-state index in [0.717, 1.165) is 4.70 Å². The first-order chi connectivity index (χ1) is 6.77. The molecule has 0 aliphatic heterocycles. The van der Waals surface area contributed by atoms with E-state index in [1.165, 1.54) is 18.4 Å². The van der Waals surface area contributed by atoms with Crippen molar-refractivity contribution in [2.24, 2.45) is 0 Å². The summed E-state index contributed by atoms with van der Waals surface area (Å²) in [6.07, 6.45) is 0. The summed E-state index contributed by atoms with van der Waals surface area (Å²) < 4.78 is 19.6. The Kier molecular flexibility index (Phi) is 2.39. The lowest BCUT2D eigenvalue weighted by Crippen LogP contribution is -1.90. The summed E-state index contributed by atoms with van der Waals surface area (Å²) in [6, 6.07) is 3.38. The zero-order valence-electron chi connectivity index (χ0n) is 7.58. The van der Waals surface area contributed by atoms with E-state index in [1.54, 1.807) is 17.5 Å². The maximum absolute atomic E-state index is 13.7. The number of halogens is 1. The highest BCUT2D eigenvalue weighted by Crippen LogP contribution is 2.35. The van der Waals surface area contributed by atoms with Gasteiger partial charge in [-0.05, 0) is 6.07 Å². The Morgan fingerprint density at radius 3 is 2.93 bits per heavy atom. The second kappa shape index (κ2) is 3.55. The van der Waals surface area contributed by atoms with Gasteiger partial charge in [-0.25, -0.2) is 4.39 Å². The van der Waals surface area contributed by atoms with Crippen molar-refractivity contribution >= 4 is 21.4 Å². The van der Waals surface area contributed by atoms with Crippen LogP contribution in [0.4, 0.5) is 4.39 Å². The van der Waals surface area contributed by atoms with Crippen molar-refractivity contribution in [3.05, 3.63) is 28.9 Å². The number of aliphatic hydroxyl groups excluding tert-OH is 1. The molecular formula is C10H9FO2S. The fourth-order valence-electron chi connectivity index (χ4n) is 1.38. The smallest absolute Gasteiger partial charge is 0.141 e. The molecule has 0 radical (unpaired) electrons. The molecular weight excluding hydrogens is 203 g/mol. The molecule has 0 aliphatic carbocycles. The van der Waals surface area contributed by atoms with Crippen molar-refractivity contribution in [2.45, 2.75) is 6.61 Å². The minimum Gasteiger partial charge on any atom is -0.495 e. The fraction of sp³-hybridized carbons (Fsp3) is 0.200. The molecule has 14 heavy (non-hydrogen) atoms. The van der Waals surface area contributed by atoms with Crippen molar-refractivity contribution in [1.82, 2.24) is 0 Å². The molecule has 0 atom stereocenters. The van der Waals surface area contributed by atoms with Crippen molar-refractivity contribution in [1.29, 1.82) is 0 Å². The molecule has 0 fully saturated rings. The summed E-state index contributed by atoms with van der Waals surface area (Å²) in [6.45, 7) is -0.291. The Hall–Kier alpha value is -1.13. The third kappa shape index (κ3) is 1.27. The van der Waals surface area contributed by atoms with E-state index >= 15 is 0 Å². The van der Waals surface area contributed by atoms with Crippen molar-refractivity contribution < 1.29 is 14.2 Å². The lowest BCUT2D eigenvalue weighted by molar-refractivity contribution is 0.276. The second-order valence-corrected chi connectivity index (χ2v) is 3.79. The second-order valence-electron chi connectivity index (χ2n) is 2.87. The Bertz CT molecular complexity index is 464. The number of fused-ring (bicyclic) bond motifs is 1. The van der Waals surface area contributed by atoms with Crippen molar-refractivity contribution in [3.63, 3.8) is 0 Å². The quantitative estimate of drug-likeness (QED) is 0.829. The summed E-state index contributed by atoms with van der Waals surface area (Å²) in [5.74, 6) is 0.140. The van der Waals surface area contributed by atoms with E-state index in [2.05, 4.69) is 0 Å². The molecule has 0 unspecified atom stereocenters. The normalized spacial score (nSPS) is 10.8. The van der Waals surface area contributed by atoms with Gasteiger partial charge in [0.05, 0.1) is 19.1 Å². The molecule has 74 valence electrons. The van der Waals surface area contributed by atoms with Gasteiger partial charge in [0.15, 0.2) is 0 Å². The molecule has 0 spiro atoms. The van der Waals surface area contributed by atoms with Crippen LogP contribution in [0.1, 0.15) is 5.56 Å². The maximum Gasteiger partial charge on any atom is 0.141 e. The van der Waals surface area contributed by atoms with E-state index in [1.807, 2.05) is 0 Å². The number of benzene rings is 1. The SMILES string of the molecule is COc1csc2ccc(CO)c(F)c12. The van der Waals surface area contributed by atoms with Crippen LogP contribution in [0.15, 0.2) is 17.5 Å². The highest BCUT2D eigenvalue weighted by atomic mass is 32.1. The molecule has 2 rings (SSSR count). The Labute approximate surface area is 84.6 Å². The molecule has 1 N–H and O–H groups in total. The molecule has 0 amide bonds. The van der Waals surface area contributed by atoms with Gasteiger partial charge in [0.25, 0.3) is 0 Å². The van der Waals surface area contributed by atoms with E-state index in [4.69, 9.17) is 9.84 Å². The molecule has 1 aromatic carbocycles. The first kappa shape index (κ1) is 9.43. The summed E-state index contributed by atoms with van der Waals surface area (Å²) in [7, 11) is 1.51. The van der Waals surface area contributed by atoms with Gasteiger partial charge in [-0.3, -0.25) is 0 Å². The molecule has 0 saturated carbocycles.